The molecule has 2 bridgehead atoms. The van der Waals surface area contributed by atoms with E-state index in [2.05, 4.69) is 5.32 Å². The predicted molar refractivity (Wildman–Crippen MR) is 210 cm³/mol. The number of carbonyl (C=O) groups is 5. The number of esters is 2. The molecule has 1 saturated carbocycles. The Morgan fingerprint density at radius 3 is 2.39 bits per heavy atom. The first kappa shape index (κ1) is 41.1. The summed E-state index contributed by atoms with van der Waals surface area (Å²) in [5.74, 6) is -3.07. The molecule has 316 valence electrons. The van der Waals surface area contributed by atoms with Crippen molar-refractivity contribution in [2.24, 2.45) is 5.41 Å². The molecule has 15 heteroatoms. The molecule has 8 atom stereocenters. The Labute approximate surface area is 343 Å². The Bertz CT molecular complexity index is 1990. The lowest BCUT2D eigenvalue weighted by Crippen LogP contribution is -2.70. The van der Waals surface area contributed by atoms with Crippen LogP contribution in [0.3, 0.4) is 0 Å². The molecule has 6 aliphatic rings. The lowest BCUT2D eigenvalue weighted by Gasteiger charge is -2.50. The summed E-state index contributed by atoms with van der Waals surface area (Å²) < 4.78 is 25.2. The van der Waals surface area contributed by atoms with Gasteiger partial charge in [-0.25, -0.2) is 0 Å². The summed E-state index contributed by atoms with van der Waals surface area (Å²) in [5, 5.41) is 14.6. The first-order valence-corrected chi connectivity index (χ1v) is 20.6. The van der Waals surface area contributed by atoms with Crippen molar-refractivity contribution < 1.29 is 52.9 Å². The van der Waals surface area contributed by atoms with Crippen molar-refractivity contribution in [1.29, 1.82) is 0 Å². The monoisotopic (exact) mass is 814 g/mol. The average Bonchev–Trinajstić information content (AvgIpc) is 3.98. The van der Waals surface area contributed by atoms with Gasteiger partial charge in [0.25, 0.3) is 0 Å². The summed E-state index contributed by atoms with van der Waals surface area (Å²) in [6.45, 7) is 5.30. The number of hydrogen-bond acceptors (Lipinski definition) is 12. The molecule has 5 fully saturated rings. The van der Waals surface area contributed by atoms with Crippen molar-refractivity contribution in [3.05, 3.63) is 76.9 Å². The maximum absolute atomic E-state index is 15.4. The second kappa shape index (κ2) is 15.7. The fourth-order valence-electron chi connectivity index (χ4n) is 9.71. The molecule has 8 rings (SSSR count). The Kier molecular flexibility index (Phi) is 11.0. The van der Waals surface area contributed by atoms with Gasteiger partial charge in [-0.1, -0.05) is 48.5 Å². The van der Waals surface area contributed by atoms with E-state index >= 15 is 4.79 Å². The van der Waals surface area contributed by atoms with Crippen molar-refractivity contribution in [3.63, 3.8) is 0 Å². The summed E-state index contributed by atoms with van der Waals surface area (Å²) in [5.41, 5.74) is 1.65. The third kappa shape index (κ3) is 7.79. The van der Waals surface area contributed by atoms with Crippen LogP contribution in [0.2, 0.25) is 0 Å². The number of likely N-dealkylation sites (N-methyl/N-ethyl adjacent to an activating group) is 1. The van der Waals surface area contributed by atoms with Gasteiger partial charge in [0.1, 0.15) is 41.5 Å². The van der Waals surface area contributed by atoms with Crippen molar-refractivity contribution in [1.82, 2.24) is 20.2 Å². The topological polar surface area (TPSA) is 173 Å². The standard InChI is InChI=1S/C44H54N4O11/c1-42(2,3)56-34(51)19-17-30(25-49)45-39(52)31-11-8-20-47(31)41(54)44-23-32-35-36(58-43(57-35)21-28-9-6-7-10-29(28)22-43)38(44)59-48(37(44)40(53)55-32)24-27-14-12-26(13-15-27)16-18-33(50)46(4)5/h6-7,9-10,12-16,18,30-32,35-38,49H,8,11,17,19-25H2,1-5H3,(H,45,52). The Morgan fingerprint density at radius 2 is 1.73 bits per heavy atom. The quantitative estimate of drug-likeness (QED) is 0.251. The van der Waals surface area contributed by atoms with E-state index < -0.39 is 89.7 Å². The van der Waals surface area contributed by atoms with Gasteiger partial charge in [0, 0.05) is 52.4 Å². The highest BCUT2D eigenvalue weighted by atomic mass is 16.8. The number of carbonyl (C=O) groups excluding carboxylic acids is 5. The fourth-order valence-corrected chi connectivity index (χ4v) is 9.71. The highest BCUT2D eigenvalue weighted by molar-refractivity contribution is 5.97. The van der Waals surface area contributed by atoms with Crippen LogP contribution in [0.15, 0.2) is 54.6 Å². The van der Waals surface area contributed by atoms with Gasteiger partial charge in [-0.2, -0.15) is 5.06 Å². The van der Waals surface area contributed by atoms with Gasteiger partial charge in [0.05, 0.1) is 19.2 Å². The summed E-state index contributed by atoms with van der Waals surface area (Å²) in [6.07, 6.45) is 2.17. The van der Waals surface area contributed by atoms with E-state index in [1.165, 1.54) is 16.0 Å². The molecule has 4 heterocycles. The number of likely N-dealkylation sites (tertiary alicyclic amines) is 1. The van der Waals surface area contributed by atoms with Crippen LogP contribution in [0, 0.1) is 5.41 Å². The molecular weight excluding hydrogens is 761 g/mol. The maximum atomic E-state index is 15.4. The largest absolute Gasteiger partial charge is 0.460 e. The van der Waals surface area contributed by atoms with Crippen molar-refractivity contribution in [2.75, 3.05) is 27.2 Å². The maximum Gasteiger partial charge on any atom is 0.327 e. The van der Waals surface area contributed by atoms with E-state index in [4.69, 9.17) is 23.8 Å². The molecule has 2 aromatic carbocycles. The molecule has 2 aliphatic carbocycles. The highest BCUT2D eigenvalue weighted by Crippen LogP contribution is 2.59. The first-order valence-electron chi connectivity index (χ1n) is 20.6. The molecule has 4 aliphatic heterocycles. The predicted octanol–water partition coefficient (Wildman–Crippen LogP) is 2.46. The lowest BCUT2D eigenvalue weighted by atomic mass is 9.62. The number of amides is 3. The van der Waals surface area contributed by atoms with E-state index in [0.717, 1.165) is 22.3 Å². The number of aliphatic hydroxyl groups is 1. The Morgan fingerprint density at radius 1 is 1.03 bits per heavy atom. The lowest BCUT2D eigenvalue weighted by molar-refractivity contribution is -0.218. The molecule has 4 saturated heterocycles. The number of fused-ring (bicyclic) bond motifs is 5. The zero-order chi connectivity index (χ0) is 41.9. The van der Waals surface area contributed by atoms with Gasteiger partial charge < -0.3 is 39.2 Å². The van der Waals surface area contributed by atoms with Gasteiger partial charge in [-0.05, 0) is 68.4 Å². The van der Waals surface area contributed by atoms with Crippen LogP contribution in [0.4, 0.5) is 0 Å². The molecular formula is C44H54N4O11. The highest BCUT2D eigenvalue weighted by Gasteiger charge is 2.77. The fraction of sp³-hybridized carbons (Fsp3) is 0.568. The van der Waals surface area contributed by atoms with E-state index in [-0.39, 0.29) is 38.3 Å². The van der Waals surface area contributed by atoms with Crippen LogP contribution in [0.5, 0.6) is 0 Å². The van der Waals surface area contributed by atoms with Gasteiger partial charge in [0.15, 0.2) is 11.8 Å². The molecule has 2 aromatic rings. The molecule has 2 N–H and O–H groups in total. The van der Waals surface area contributed by atoms with E-state index in [9.17, 15) is 24.3 Å². The number of hydroxylamine groups is 2. The number of aliphatic hydroxyl groups excluding tert-OH is 1. The SMILES string of the molecule is CN(C)C(=O)C=Cc1ccc(CN2OC3C4OC5(Cc6ccccc6C5)OC4C4CC3(C(=O)N3CCCC3C(=O)NC(CO)CCC(=O)OC(C)(C)C)C2C(=O)O4)cc1. The van der Waals surface area contributed by atoms with Crippen molar-refractivity contribution in [2.45, 2.75) is 126 Å². The smallest absolute Gasteiger partial charge is 0.327 e. The second-order valence-corrected chi connectivity index (χ2v) is 17.9. The zero-order valence-corrected chi connectivity index (χ0v) is 34.3. The Balaban J connectivity index is 1.07. The third-order valence-corrected chi connectivity index (χ3v) is 12.4. The number of rotatable bonds is 11. The van der Waals surface area contributed by atoms with Crippen LogP contribution >= 0.6 is 0 Å². The van der Waals surface area contributed by atoms with Gasteiger partial charge in [-0.3, -0.25) is 28.8 Å². The average molecular weight is 815 g/mol. The summed E-state index contributed by atoms with van der Waals surface area (Å²) >= 11 is 0. The summed E-state index contributed by atoms with van der Waals surface area (Å²) in [7, 11) is 3.36. The minimum atomic E-state index is -1.48. The molecule has 0 radical (unpaired) electrons. The number of nitrogens with zero attached hydrogens (tertiary/aromatic N) is 3. The molecule has 3 amide bonds. The minimum Gasteiger partial charge on any atom is -0.460 e. The van der Waals surface area contributed by atoms with E-state index in [0.29, 0.717) is 25.7 Å². The van der Waals surface area contributed by atoms with E-state index in [1.54, 1.807) is 45.8 Å². The molecule has 1 spiro atoms. The zero-order valence-electron chi connectivity index (χ0n) is 34.3. The summed E-state index contributed by atoms with van der Waals surface area (Å²) in [6, 6.07) is 12.7. The minimum absolute atomic E-state index is 0.00795. The molecule has 59 heavy (non-hydrogen) atoms. The second-order valence-electron chi connectivity index (χ2n) is 17.9. The van der Waals surface area contributed by atoms with Crippen LogP contribution in [-0.2, 0) is 67.1 Å². The first-order chi connectivity index (χ1) is 28.1. The molecule has 0 aromatic heterocycles. The number of benzene rings is 2. The van der Waals surface area contributed by atoms with Gasteiger partial charge in [0.2, 0.25) is 17.7 Å². The van der Waals surface area contributed by atoms with Crippen molar-refractivity contribution in [3.8, 4) is 0 Å². The molecule has 15 nitrogen and oxygen atoms in total. The van der Waals surface area contributed by atoms with Crippen LogP contribution in [0.1, 0.15) is 75.1 Å². The number of hydrogen-bond donors (Lipinski definition) is 2. The van der Waals surface area contributed by atoms with Crippen LogP contribution in [0.25, 0.3) is 6.08 Å². The van der Waals surface area contributed by atoms with Crippen molar-refractivity contribution >= 4 is 35.7 Å². The van der Waals surface area contributed by atoms with Crippen LogP contribution < -0.4 is 5.32 Å². The van der Waals surface area contributed by atoms with E-state index in [1.807, 2.05) is 48.5 Å². The third-order valence-electron chi connectivity index (χ3n) is 12.4. The number of nitrogens with one attached hydrogen (secondary N) is 1. The Hall–Kier alpha value is -4.67. The van der Waals surface area contributed by atoms with Crippen LogP contribution in [-0.4, -0.2) is 131 Å². The number of ether oxygens (including phenoxy) is 4. The molecule has 8 unspecified atom stereocenters. The van der Waals surface area contributed by atoms with Gasteiger partial charge >= 0.3 is 11.9 Å². The normalized spacial score (nSPS) is 29.6. The van der Waals surface area contributed by atoms with Gasteiger partial charge in [-0.15, -0.1) is 0 Å². The summed E-state index contributed by atoms with van der Waals surface area (Å²) in [4.78, 5) is 78.1.